The van der Waals surface area contributed by atoms with Crippen molar-refractivity contribution in [3.05, 3.63) is 93.5 Å². The van der Waals surface area contributed by atoms with Gasteiger partial charge >= 0.3 is 6.03 Å². The minimum atomic E-state index is -0.619. The fourth-order valence-electron chi connectivity index (χ4n) is 3.63. The number of carbonyl (C=O) groups is 2. The van der Waals surface area contributed by atoms with Gasteiger partial charge in [0.05, 0.1) is 16.4 Å². The van der Waals surface area contributed by atoms with Gasteiger partial charge in [-0.05, 0) is 54.8 Å². The van der Waals surface area contributed by atoms with Gasteiger partial charge in [0.1, 0.15) is 5.69 Å². The number of nitrogens with two attached hydrogens (primary N) is 1. The molecule has 0 radical (unpaired) electrons. The number of benzene rings is 2. The van der Waals surface area contributed by atoms with Gasteiger partial charge in [-0.2, -0.15) is 5.10 Å². The summed E-state index contributed by atoms with van der Waals surface area (Å²) in [5.74, 6) is -0.494. The Bertz CT molecular complexity index is 1500. The lowest BCUT2D eigenvalue weighted by Gasteiger charge is -2.13. The Balaban J connectivity index is 1.66. The molecule has 10 heteroatoms. The first-order chi connectivity index (χ1) is 17.3. The van der Waals surface area contributed by atoms with E-state index in [1.165, 1.54) is 16.9 Å². The molecule has 0 unspecified atom stereocenters. The topological polar surface area (TPSA) is 132 Å². The molecule has 4 rings (SSSR count). The zero-order valence-corrected chi connectivity index (χ0v) is 20.3. The van der Waals surface area contributed by atoms with Crippen molar-refractivity contribution in [2.75, 3.05) is 10.6 Å². The number of nitrogens with one attached hydrogen (secondary N) is 2. The second-order valence-electron chi connectivity index (χ2n) is 7.98. The number of rotatable bonds is 6. The van der Waals surface area contributed by atoms with E-state index in [0.29, 0.717) is 29.1 Å². The third-order valence-corrected chi connectivity index (χ3v) is 5.80. The van der Waals surface area contributed by atoms with Gasteiger partial charge in [-0.1, -0.05) is 41.9 Å². The largest absolute Gasteiger partial charge is 0.366 e. The van der Waals surface area contributed by atoms with Crippen molar-refractivity contribution in [1.82, 2.24) is 14.8 Å². The number of hydrogen-bond donors (Lipinski definition) is 3. The van der Waals surface area contributed by atoms with Gasteiger partial charge in [0.2, 0.25) is 5.91 Å². The molecule has 0 aliphatic carbocycles. The Labute approximate surface area is 211 Å². The molecule has 9 nitrogen and oxygen atoms in total. The van der Waals surface area contributed by atoms with E-state index in [4.69, 9.17) is 17.3 Å². The average molecular weight is 503 g/mol. The van der Waals surface area contributed by atoms with Gasteiger partial charge < -0.3 is 16.4 Å². The summed E-state index contributed by atoms with van der Waals surface area (Å²) < 4.78 is 1.28. The predicted molar refractivity (Wildman–Crippen MR) is 140 cm³/mol. The fraction of sp³-hybridized carbons (Fsp3) is 0.115. The predicted octanol–water partition coefficient (Wildman–Crippen LogP) is 4.70. The molecule has 3 amide bonds. The monoisotopic (exact) mass is 502 g/mol. The van der Waals surface area contributed by atoms with Crippen molar-refractivity contribution in [3.8, 4) is 22.4 Å². The molecule has 4 N–H and O–H groups in total. The van der Waals surface area contributed by atoms with Crippen LogP contribution in [0.2, 0.25) is 5.02 Å². The van der Waals surface area contributed by atoms with Crippen LogP contribution in [0.4, 0.5) is 16.2 Å². The van der Waals surface area contributed by atoms with Gasteiger partial charge in [-0.3, -0.25) is 14.6 Å². The van der Waals surface area contributed by atoms with Crippen LogP contribution < -0.4 is 21.9 Å². The van der Waals surface area contributed by atoms with Crippen molar-refractivity contribution in [1.29, 1.82) is 0 Å². The Morgan fingerprint density at radius 3 is 2.39 bits per heavy atom. The smallest absolute Gasteiger partial charge is 0.323 e. The molecule has 0 fully saturated rings. The van der Waals surface area contributed by atoms with E-state index >= 15 is 0 Å². The lowest BCUT2D eigenvalue weighted by Crippen LogP contribution is -2.30. The number of urea groups is 1. The number of amides is 3. The maximum absolute atomic E-state index is 12.9. The van der Waals surface area contributed by atoms with Crippen LogP contribution in [0.25, 0.3) is 22.4 Å². The van der Waals surface area contributed by atoms with E-state index in [0.717, 1.165) is 16.7 Å². The molecular formula is C26H23ClN6O3. The maximum atomic E-state index is 12.9. The summed E-state index contributed by atoms with van der Waals surface area (Å²) in [5.41, 5.74) is 9.47. The fourth-order valence-corrected chi connectivity index (χ4v) is 3.88. The average Bonchev–Trinajstić information content (AvgIpc) is 2.87. The summed E-state index contributed by atoms with van der Waals surface area (Å²) >= 11 is 6.15. The minimum absolute atomic E-state index is 0.0680. The number of pyridine rings is 1. The number of nitrogens with zero attached hydrogens (tertiary/aromatic N) is 3. The zero-order chi connectivity index (χ0) is 25.8. The molecule has 0 saturated carbocycles. The first-order valence-electron chi connectivity index (χ1n) is 11.1. The molecular weight excluding hydrogens is 480 g/mol. The number of carbonyl (C=O) groups excluding carboxylic acids is 2. The normalized spacial score (nSPS) is 10.6. The number of halogens is 1. The van der Waals surface area contributed by atoms with Crippen molar-refractivity contribution >= 4 is 34.9 Å². The summed E-state index contributed by atoms with van der Waals surface area (Å²) in [6.45, 7) is 3.86. The van der Waals surface area contributed by atoms with Gasteiger partial charge in [-0.15, -0.1) is 0 Å². The summed E-state index contributed by atoms with van der Waals surface area (Å²) in [4.78, 5) is 40.9. The first-order valence-corrected chi connectivity index (χ1v) is 11.5. The van der Waals surface area contributed by atoms with Crippen molar-refractivity contribution in [3.63, 3.8) is 0 Å². The molecule has 0 spiro atoms. The highest BCUT2D eigenvalue weighted by Gasteiger charge is 2.15. The zero-order valence-electron chi connectivity index (χ0n) is 19.6. The minimum Gasteiger partial charge on any atom is -0.366 e. The van der Waals surface area contributed by atoms with E-state index in [9.17, 15) is 14.4 Å². The van der Waals surface area contributed by atoms with Crippen molar-refractivity contribution in [2.24, 2.45) is 5.73 Å². The Kier molecular flexibility index (Phi) is 7.12. The van der Waals surface area contributed by atoms with Gasteiger partial charge in [0, 0.05) is 30.1 Å². The number of anilines is 2. The van der Waals surface area contributed by atoms with Gasteiger partial charge in [0.15, 0.2) is 0 Å². The highest BCUT2D eigenvalue weighted by molar-refractivity contribution is 6.33. The highest BCUT2D eigenvalue weighted by atomic mass is 35.5. The summed E-state index contributed by atoms with van der Waals surface area (Å²) in [5, 5.41) is 10.0. The molecule has 2 aromatic carbocycles. The third-order valence-electron chi connectivity index (χ3n) is 5.51. The van der Waals surface area contributed by atoms with E-state index in [1.54, 1.807) is 32.2 Å². The van der Waals surface area contributed by atoms with Crippen LogP contribution in [0.15, 0.2) is 71.8 Å². The Morgan fingerprint density at radius 2 is 1.72 bits per heavy atom. The highest BCUT2D eigenvalue weighted by Crippen LogP contribution is 2.27. The van der Waals surface area contributed by atoms with E-state index in [2.05, 4.69) is 20.7 Å². The number of hydrogen-bond acceptors (Lipinski definition) is 5. The molecule has 4 aromatic rings. The first kappa shape index (κ1) is 24.6. The number of aryl methyl sites for hydroxylation is 2. The van der Waals surface area contributed by atoms with Crippen LogP contribution >= 0.6 is 11.6 Å². The molecule has 0 bridgehead atoms. The summed E-state index contributed by atoms with van der Waals surface area (Å²) in [6.07, 6.45) is 3.00. The van der Waals surface area contributed by atoms with Crippen molar-refractivity contribution < 1.29 is 9.59 Å². The molecule has 2 aromatic heterocycles. The third kappa shape index (κ3) is 5.26. The molecule has 0 saturated heterocycles. The quantitative estimate of drug-likeness (QED) is 0.351. The van der Waals surface area contributed by atoms with E-state index in [-0.39, 0.29) is 10.7 Å². The summed E-state index contributed by atoms with van der Waals surface area (Å²) in [7, 11) is 0. The number of aromatic nitrogens is 3. The lowest BCUT2D eigenvalue weighted by atomic mass is 10.0. The second-order valence-corrected chi connectivity index (χ2v) is 8.39. The molecule has 2 heterocycles. The van der Waals surface area contributed by atoms with Crippen LogP contribution in [0, 0.1) is 6.92 Å². The number of primary amides is 1. The van der Waals surface area contributed by atoms with Crippen LogP contribution in [-0.4, -0.2) is 26.7 Å². The van der Waals surface area contributed by atoms with Crippen molar-refractivity contribution in [2.45, 2.75) is 20.4 Å². The lowest BCUT2D eigenvalue weighted by molar-refractivity contribution is 0.100. The molecule has 36 heavy (non-hydrogen) atoms. The van der Waals surface area contributed by atoms with Crippen LogP contribution in [0.5, 0.6) is 0 Å². The molecule has 182 valence electrons. The van der Waals surface area contributed by atoms with E-state index < -0.39 is 17.5 Å². The van der Waals surface area contributed by atoms with Crippen LogP contribution in [0.3, 0.4) is 0 Å². The van der Waals surface area contributed by atoms with Crippen LogP contribution in [-0.2, 0) is 6.54 Å². The maximum Gasteiger partial charge on any atom is 0.323 e. The summed E-state index contributed by atoms with van der Waals surface area (Å²) in [6, 6.07) is 15.4. The van der Waals surface area contributed by atoms with E-state index in [1.807, 2.05) is 36.4 Å². The standard InChI is InChI=1S/C26H23ClN6O3/c1-3-33-25(35)22(30-26(36)31-23-15(2)13-29-14-20(23)27)12-21(32-33)19-6-4-5-18(11-19)16-7-9-17(10-8-16)24(28)34/h4-14H,3H2,1-2H3,(H2,28,34)(H2,29,30,31,36). The molecule has 0 atom stereocenters. The molecule has 0 aliphatic rings. The molecule has 0 aliphatic heterocycles. The van der Waals surface area contributed by atoms with Crippen LogP contribution in [0.1, 0.15) is 22.8 Å². The van der Waals surface area contributed by atoms with Gasteiger partial charge in [0.25, 0.3) is 5.56 Å². The second kappa shape index (κ2) is 10.4. The Hall–Kier alpha value is -4.50. The van der Waals surface area contributed by atoms with Gasteiger partial charge in [-0.25, -0.2) is 9.48 Å². The Morgan fingerprint density at radius 1 is 1.00 bits per heavy atom. The SMILES string of the molecule is CCn1nc(-c2cccc(-c3ccc(C(N)=O)cc3)c2)cc(NC(=O)Nc2c(C)cncc2Cl)c1=O.